The molecule has 0 bridgehead atoms. The van der Waals surface area contributed by atoms with Crippen LogP contribution in [0.4, 0.5) is 5.69 Å². The van der Waals surface area contributed by atoms with E-state index in [1.165, 1.54) is 0 Å². The monoisotopic (exact) mass is 384 g/mol. The van der Waals surface area contributed by atoms with Crippen molar-refractivity contribution in [1.29, 1.82) is 0 Å². The molecule has 0 radical (unpaired) electrons. The van der Waals surface area contributed by atoms with Crippen molar-refractivity contribution in [3.8, 4) is 0 Å². The minimum absolute atomic E-state index is 0.0181. The third-order valence-electron chi connectivity index (χ3n) is 5.12. The summed E-state index contributed by atoms with van der Waals surface area (Å²) in [5.41, 5.74) is 4.18. The van der Waals surface area contributed by atoms with Gasteiger partial charge in [-0.05, 0) is 41.7 Å². The van der Waals surface area contributed by atoms with E-state index in [9.17, 15) is 9.59 Å². The third kappa shape index (κ3) is 4.51. The van der Waals surface area contributed by atoms with Crippen LogP contribution in [0.15, 0.2) is 42.5 Å². The van der Waals surface area contributed by atoms with Crippen LogP contribution in [0.5, 0.6) is 0 Å². The molecule has 1 aliphatic heterocycles. The van der Waals surface area contributed by atoms with E-state index in [1.807, 2.05) is 42.5 Å². The van der Waals surface area contributed by atoms with Gasteiger partial charge in [0.1, 0.15) is 0 Å². The first-order valence-corrected chi connectivity index (χ1v) is 9.83. The van der Waals surface area contributed by atoms with E-state index in [1.54, 1.807) is 4.90 Å². The number of halogens is 1. The highest BCUT2D eigenvalue weighted by atomic mass is 35.5. The highest BCUT2D eigenvalue weighted by molar-refractivity contribution is 6.30. The van der Waals surface area contributed by atoms with Gasteiger partial charge in [-0.1, -0.05) is 55.8 Å². The fraction of sp³-hybridized carbons (Fsp3) is 0.364. The number of para-hydroxylation sites is 1. The van der Waals surface area contributed by atoms with Crippen LogP contribution in [-0.2, 0) is 29.0 Å². The molecule has 1 heterocycles. The van der Waals surface area contributed by atoms with E-state index < -0.39 is 0 Å². The van der Waals surface area contributed by atoms with Crippen molar-refractivity contribution in [2.75, 3.05) is 11.9 Å². The number of benzene rings is 2. The molecule has 5 heteroatoms. The topological polar surface area (TPSA) is 49.4 Å². The Morgan fingerprint density at radius 3 is 2.33 bits per heavy atom. The minimum atomic E-state index is -0.320. The first kappa shape index (κ1) is 19.4. The van der Waals surface area contributed by atoms with Crippen molar-refractivity contribution in [3.05, 3.63) is 64.2 Å². The van der Waals surface area contributed by atoms with Crippen LogP contribution in [0.2, 0.25) is 5.02 Å². The van der Waals surface area contributed by atoms with Crippen molar-refractivity contribution >= 4 is 29.1 Å². The van der Waals surface area contributed by atoms with E-state index in [4.69, 9.17) is 11.6 Å². The van der Waals surface area contributed by atoms with Crippen LogP contribution >= 0.6 is 11.6 Å². The molecular formula is C22H25ClN2O2. The second-order valence-electron chi connectivity index (χ2n) is 6.95. The lowest BCUT2D eigenvalue weighted by atomic mass is 10.0. The smallest absolute Gasteiger partial charge is 0.229 e. The van der Waals surface area contributed by atoms with Gasteiger partial charge >= 0.3 is 0 Å². The lowest BCUT2D eigenvalue weighted by Gasteiger charge is -2.18. The lowest BCUT2D eigenvalue weighted by Crippen LogP contribution is -2.28. The fourth-order valence-corrected chi connectivity index (χ4v) is 3.67. The summed E-state index contributed by atoms with van der Waals surface area (Å²) in [6, 6.07) is 13.6. The Kier molecular flexibility index (Phi) is 6.17. The molecule has 0 aliphatic carbocycles. The molecule has 1 fully saturated rings. The molecule has 3 rings (SSSR count). The van der Waals surface area contributed by atoms with Crippen LogP contribution in [0, 0.1) is 5.92 Å². The number of carbonyl (C=O) groups is 2. The summed E-state index contributed by atoms with van der Waals surface area (Å²) < 4.78 is 0. The molecule has 1 atom stereocenters. The largest absolute Gasteiger partial charge is 0.338 e. The summed E-state index contributed by atoms with van der Waals surface area (Å²) in [7, 11) is 0. The molecule has 1 saturated heterocycles. The Morgan fingerprint density at radius 2 is 1.74 bits per heavy atom. The zero-order valence-electron chi connectivity index (χ0n) is 15.8. The Morgan fingerprint density at radius 1 is 1.11 bits per heavy atom. The average molecular weight is 385 g/mol. The molecule has 142 valence electrons. The maximum absolute atomic E-state index is 12.8. The van der Waals surface area contributed by atoms with Gasteiger partial charge in [0.05, 0.1) is 5.92 Å². The van der Waals surface area contributed by atoms with Crippen LogP contribution in [0.25, 0.3) is 0 Å². The highest BCUT2D eigenvalue weighted by Crippen LogP contribution is 2.26. The average Bonchev–Trinajstić information content (AvgIpc) is 3.04. The molecular weight excluding hydrogens is 360 g/mol. The quantitative estimate of drug-likeness (QED) is 0.799. The van der Waals surface area contributed by atoms with Crippen LogP contribution in [0.3, 0.4) is 0 Å². The van der Waals surface area contributed by atoms with Gasteiger partial charge in [-0.15, -0.1) is 0 Å². The summed E-state index contributed by atoms with van der Waals surface area (Å²) in [6.45, 7) is 5.11. The molecule has 2 aromatic carbocycles. The second-order valence-corrected chi connectivity index (χ2v) is 7.39. The van der Waals surface area contributed by atoms with Gasteiger partial charge in [-0.3, -0.25) is 9.59 Å². The molecule has 27 heavy (non-hydrogen) atoms. The maximum atomic E-state index is 12.8. The first-order chi connectivity index (χ1) is 13.0. The molecule has 1 N–H and O–H groups in total. The summed E-state index contributed by atoms with van der Waals surface area (Å²) in [5.74, 6) is -0.374. The van der Waals surface area contributed by atoms with Crippen molar-refractivity contribution < 1.29 is 9.59 Å². The van der Waals surface area contributed by atoms with E-state index >= 15 is 0 Å². The molecule has 4 nitrogen and oxygen atoms in total. The van der Waals surface area contributed by atoms with Crippen molar-refractivity contribution in [3.63, 3.8) is 0 Å². The van der Waals surface area contributed by atoms with Gasteiger partial charge in [0.25, 0.3) is 0 Å². The molecule has 0 aromatic heterocycles. The van der Waals surface area contributed by atoms with Gasteiger partial charge in [0.15, 0.2) is 0 Å². The standard InChI is InChI=1S/C22H25ClN2O2/c1-3-16-6-5-7-17(4-2)21(16)24-22(27)18-12-20(26)25(14-18)13-15-8-10-19(23)11-9-15/h5-11,18H,3-4,12-14H2,1-2H3,(H,24,27). The van der Waals surface area contributed by atoms with E-state index in [0.29, 0.717) is 18.1 Å². The van der Waals surface area contributed by atoms with Gasteiger partial charge in [0.2, 0.25) is 11.8 Å². The fourth-order valence-electron chi connectivity index (χ4n) is 3.54. The number of anilines is 1. The first-order valence-electron chi connectivity index (χ1n) is 9.45. The Hall–Kier alpha value is -2.33. The van der Waals surface area contributed by atoms with E-state index in [0.717, 1.165) is 35.2 Å². The van der Waals surface area contributed by atoms with Gasteiger partial charge in [0, 0.05) is 30.2 Å². The number of likely N-dealkylation sites (tertiary alicyclic amines) is 1. The number of nitrogens with zero attached hydrogens (tertiary/aromatic N) is 1. The molecule has 1 aliphatic rings. The van der Waals surface area contributed by atoms with E-state index in [-0.39, 0.29) is 24.2 Å². The van der Waals surface area contributed by atoms with Gasteiger partial charge in [-0.2, -0.15) is 0 Å². The number of rotatable bonds is 6. The Bertz CT molecular complexity index is 810. The number of hydrogen-bond donors (Lipinski definition) is 1. The van der Waals surface area contributed by atoms with E-state index in [2.05, 4.69) is 19.2 Å². The summed E-state index contributed by atoms with van der Waals surface area (Å²) in [4.78, 5) is 27.0. The maximum Gasteiger partial charge on any atom is 0.229 e. The summed E-state index contributed by atoms with van der Waals surface area (Å²) in [5, 5.41) is 3.77. The van der Waals surface area contributed by atoms with Crippen molar-refractivity contribution in [2.45, 2.75) is 39.7 Å². The molecule has 2 amide bonds. The SMILES string of the molecule is CCc1cccc(CC)c1NC(=O)C1CC(=O)N(Cc2ccc(Cl)cc2)C1. The third-order valence-corrected chi connectivity index (χ3v) is 5.37. The second kappa shape index (κ2) is 8.57. The molecule has 0 saturated carbocycles. The van der Waals surface area contributed by atoms with Crippen molar-refractivity contribution in [2.24, 2.45) is 5.92 Å². The van der Waals surface area contributed by atoms with Crippen molar-refractivity contribution in [1.82, 2.24) is 4.90 Å². The zero-order valence-corrected chi connectivity index (χ0v) is 16.6. The van der Waals surface area contributed by atoms with Crippen LogP contribution in [0.1, 0.15) is 37.0 Å². The molecule has 0 spiro atoms. The molecule has 1 unspecified atom stereocenters. The van der Waals surface area contributed by atoms with Crippen LogP contribution < -0.4 is 5.32 Å². The Labute approximate surface area is 165 Å². The van der Waals surface area contributed by atoms with Gasteiger partial charge in [-0.25, -0.2) is 0 Å². The normalized spacial score (nSPS) is 16.6. The summed E-state index contributed by atoms with van der Waals surface area (Å²) >= 11 is 5.91. The van der Waals surface area contributed by atoms with Gasteiger partial charge < -0.3 is 10.2 Å². The number of carbonyl (C=O) groups excluding carboxylic acids is 2. The zero-order chi connectivity index (χ0) is 19.4. The number of nitrogens with one attached hydrogen (secondary N) is 1. The van der Waals surface area contributed by atoms with Crippen LogP contribution in [-0.4, -0.2) is 23.3 Å². The Balaban J connectivity index is 1.68. The number of hydrogen-bond acceptors (Lipinski definition) is 2. The lowest BCUT2D eigenvalue weighted by molar-refractivity contribution is -0.128. The minimum Gasteiger partial charge on any atom is -0.338 e. The predicted molar refractivity (Wildman–Crippen MR) is 109 cm³/mol. The predicted octanol–water partition coefficient (Wildman–Crippen LogP) is 4.45. The highest BCUT2D eigenvalue weighted by Gasteiger charge is 2.34. The summed E-state index contributed by atoms with van der Waals surface area (Å²) in [6.07, 6.45) is 1.97. The number of aryl methyl sites for hydroxylation is 2. The molecule has 2 aromatic rings. The number of amides is 2.